The van der Waals surface area contributed by atoms with Crippen LogP contribution in [0.15, 0.2) is 0 Å². The Kier molecular flexibility index (Phi) is 15.6. The number of halogens is 1. The molecule has 97 valence electrons. The van der Waals surface area contributed by atoms with Crippen molar-refractivity contribution in [2.45, 2.75) is 84.0 Å². The van der Waals surface area contributed by atoms with Crippen LogP contribution in [0.25, 0.3) is 0 Å². The summed E-state index contributed by atoms with van der Waals surface area (Å²) >= 11 is 5.60. The number of hydrogen-bond acceptors (Lipinski definition) is 0. The van der Waals surface area contributed by atoms with Crippen LogP contribution < -0.4 is 0 Å². The first-order valence-corrected chi connectivity index (χ1v) is 7.83. The first kappa shape index (κ1) is 16.3. The lowest BCUT2D eigenvalue weighted by Crippen LogP contribution is -1.83. The van der Waals surface area contributed by atoms with Crippen LogP contribution in [0.2, 0.25) is 0 Å². The number of hydrogen-bond donors (Lipinski definition) is 0. The second kappa shape index (κ2) is 15.3. The second-order valence-electron chi connectivity index (χ2n) is 4.74. The fourth-order valence-corrected chi connectivity index (χ4v) is 2.15. The summed E-state index contributed by atoms with van der Waals surface area (Å²) in [6, 6.07) is 0. The second-order valence-corrected chi connectivity index (χ2v) is 5.11. The fourth-order valence-electron chi connectivity index (χ4n) is 2.00. The van der Waals surface area contributed by atoms with Crippen LogP contribution in [0.3, 0.4) is 0 Å². The van der Waals surface area contributed by atoms with E-state index in [0.29, 0.717) is 0 Å². The van der Waals surface area contributed by atoms with Crippen LogP contribution in [0.1, 0.15) is 84.0 Å². The summed E-state index contributed by atoms with van der Waals surface area (Å²) in [4.78, 5) is 0. The van der Waals surface area contributed by atoms with Gasteiger partial charge in [0, 0.05) is 5.88 Å². The van der Waals surface area contributed by atoms with Crippen LogP contribution >= 0.6 is 11.6 Å². The molecule has 0 saturated carbocycles. The van der Waals surface area contributed by atoms with E-state index in [4.69, 9.17) is 11.6 Å². The molecule has 1 radical (unpaired) electrons. The molecule has 0 heterocycles. The van der Waals surface area contributed by atoms with E-state index in [2.05, 4.69) is 13.3 Å². The van der Waals surface area contributed by atoms with Gasteiger partial charge in [0.2, 0.25) is 0 Å². The molecule has 0 N–H and O–H groups in total. The lowest BCUT2D eigenvalue weighted by atomic mass is 10.1. The van der Waals surface area contributed by atoms with Crippen molar-refractivity contribution in [1.29, 1.82) is 0 Å². The Bertz CT molecular complexity index is 98.0. The van der Waals surface area contributed by atoms with Gasteiger partial charge < -0.3 is 0 Å². The molecule has 16 heavy (non-hydrogen) atoms. The minimum absolute atomic E-state index is 0.789. The van der Waals surface area contributed by atoms with Crippen molar-refractivity contribution in [3.8, 4) is 0 Å². The first-order chi connectivity index (χ1) is 7.91. The average molecular weight is 246 g/mol. The molecule has 0 atom stereocenters. The molecule has 0 unspecified atom stereocenters. The monoisotopic (exact) mass is 245 g/mol. The minimum atomic E-state index is 0.789. The van der Waals surface area contributed by atoms with Crippen LogP contribution in [-0.2, 0) is 0 Å². The highest BCUT2D eigenvalue weighted by atomic mass is 35.5. The smallest absolute Gasteiger partial charge is 0.0226 e. The van der Waals surface area contributed by atoms with Crippen molar-refractivity contribution in [3.05, 3.63) is 6.42 Å². The van der Waals surface area contributed by atoms with Crippen molar-refractivity contribution in [2.24, 2.45) is 0 Å². The lowest BCUT2D eigenvalue weighted by Gasteiger charge is -2.02. The van der Waals surface area contributed by atoms with E-state index in [9.17, 15) is 0 Å². The van der Waals surface area contributed by atoms with Gasteiger partial charge in [0.05, 0.1) is 0 Å². The summed E-state index contributed by atoms with van der Waals surface area (Å²) in [5.74, 6) is 0.789. The van der Waals surface area contributed by atoms with Crippen molar-refractivity contribution in [1.82, 2.24) is 0 Å². The van der Waals surface area contributed by atoms with Gasteiger partial charge in [-0.3, -0.25) is 0 Å². The Morgan fingerprint density at radius 3 is 1.69 bits per heavy atom. The fraction of sp³-hybridized carbons (Fsp3) is 0.933. The molecule has 0 aliphatic carbocycles. The Balaban J connectivity index is 2.83. The van der Waals surface area contributed by atoms with Crippen LogP contribution in [0.5, 0.6) is 0 Å². The molecule has 0 fully saturated rings. The highest BCUT2D eigenvalue weighted by Gasteiger charge is 1.93. The van der Waals surface area contributed by atoms with Gasteiger partial charge in [-0.05, 0) is 12.8 Å². The van der Waals surface area contributed by atoms with Crippen molar-refractivity contribution >= 4 is 11.6 Å². The number of rotatable bonds is 13. The van der Waals surface area contributed by atoms with Crippen molar-refractivity contribution in [3.63, 3.8) is 0 Å². The highest BCUT2D eigenvalue weighted by molar-refractivity contribution is 6.17. The standard InChI is InChI=1S/C15H30Cl/c1-2-3-4-5-6-7-8-9-10-11-12-13-14-15-16/h13H,2-12,14-15H2,1H3. The summed E-state index contributed by atoms with van der Waals surface area (Å²) in [5, 5.41) is 0. The van der Waals surface area contributed by atoms with Crippen LogP contribution in [-0.4, -0.2) is 5.88 Å². The van der Waals surface area contributed by atoms with E-state index in [1.807, 2.05) is 0 Å². The van der Waals surface area contributed by atoms with E-state index < -0.39 is 0 Å². The van der Waals surface area contributed by atoms with E-state index in [1.54, 1.807) is 0 Å². The van der Waals surface area contributed by atoms with Crippen molar-refractivity contribution < 1.29 is 0 Å². The average Bonchev–Trinajstić information content (AvgIpc) is 2.31. The molecular weight excluding hydrogens is 216 g/mol. The van der Waals surface area contributed by atoms with Gasteiger partial charge in [0.15, 0.2) is 0 Å². The van der Waals surface area contributed by atoms with Gasteiger partial charge in [0.1, 0.15) is 0 Å². The topological polar surface area (TPSA) is 0 Å². The quantitative estimate of drug-likeness (QED) is 0.270. The Morgan fingerprint density at radius 1 is 0.688 bits per heavy atom. The Labute approximate surface area is 108 Å². The SMILES string of the molecule is CCCCCCCCCCCC[CH]CCCl. The van der Waals surface area contributed by atoms with Crippen molar-refractivity contribution in [2.75, 3.05) is 5.88 Å². The molecule has 0 aliphatic heterocycles. The van der Waals surface area contributed by atoms with Gasteiger partial charge >= 0.3 is 0 Å². The molecule has 0 aromatic carbocycles. The molecule has 0 aliphatic rings. The minimum Gasteiger partial charge on any atom is -0.127 e. The van der Waals surface area contributed by atoms with Crippen LogP contribution in [0.4, 0.5) is 0 Å². The predicted molar refractivity (Wildman–Crippen MR) is 76.1 cm³/mol. The normalized spacial score (nSPS) is 10.9. The van der Waals surface area contributed by atoms with Gasteiger partial charge in [-0.2, -0.15) is 0 Å². The molecule has 0 aromatic heterocycles. The summed E-state index contributed by atoms with van der Waals surface area (Å²) in [5.41, 5.74) is 0. The maximum atomic E-state index is 5.60. The Morgan fingerprint density at radius 2 is 1.19 bits per heavy atom. The third kappa shape index (κ3) is 14.3. The zero-order valence-corrected chi connectivity index (χ0v) is 11.9. The maximum absolute atomic E-state index is 5.60. The van der Waals surface area contributed by atoms with Gasteiger partial charge in [-0.15, -0.1) is 11.6 Å². The lowest BCUT2D eigenvalue weighted by molar-refractivity contribution is 0.554. The molecule has 0 amide bonds. The Hall–Kier alpha value is 0.290. The van der Waals surface area contributed by atoms with E-state index in [1.165, 1.54) is 70.6 Å². The van der Waals surface area contributed by atoms with E-state index >= 15 is 0 Å². The summed E-state index contributed by atoms with van der Waals surface area (Å²) in [6.45, 7) is 2.28. The summed E-state index contributed by atoms with van der Waals surface area (Å²) in [7, 11) is 0. The molecule has 0 nitrogen and oxygen atoms in total. The number of unbranched alkanes of at least 4 members (excludes halogenated alkanes) is 12. The largest absolute Gasteiger partial charge is 0.127 e. The third-order valence-corrected chi connectivity index (χ3v) is 3.29. The molecule has 0 rings (SSSR count). The summed E-state index contributed by atoms with van der Waals surface area (Å²) in [6.07, 6.45) is 18.9. The first-order valence-electron chi connectivity index (χ1n) is 7.29. The predicted octanol–water partition coefficient (Wildman–Crippen LogP) is 6.13. The highest BCUT2D eigenvalue weighted by Crippen LogP contribution is 2.12. The maximum Gasteiger partial charge on any atom is 0.0226 e. The van der Waals surface area contributed by atoms with E-state index in [0.717, 1.165) is 12.3 Å². The zero-order chi connectivity index (χ0) is 11.9. The molecule has 1 heteroatoms. The number of alkyl halides is 1. The van der Waals surface area contributed by atoms with Gasteiger partial charge in [0.25, 0.3) is 0 Å². The van der Waals surface area contributed by atoms with E-state index in [-0.39, 0.29) is 0 Å². The molecule has 0 bridgehead atoms. The third-order valence-electron chi connectivity index (χ3n) is 3.08. The van der Waals surface area contributed by atoms with Crippen LogP contribution in [0, 0.1) is 6.42 Å². The molecule has 0 spiro atoms. The molecule has 0 saturated heterocycles. The van der Waals surface area contributed by atoms with Gasteiger partial charge in [-0.25, -0.2) is 0 Å². The molecular formula is C15H30Cl. The van der Waals surface area contributed by atoms with Gasteiger partial charge in [-0.1, -0.05) is 77.6 Å². The molecule has 0 aromatic rings. The summed E-state index contributed by atoms with van der Waals surface area (Å²) < 4.78 is 0. The zero-order valence-electron chi connectivity index (χ0n) is 11.1.